The maximum atomic E-state index is 13.1. The Hall–Kier alpha value is -3.42. The van der Waals surface area contributed by atoms with Crippen LogP contribution in [0.25, 0.3) is 0 Å². The number of likely N-dealkylation sites (tertiary alicyclic amines) is 1. The molecule has 37 heavy (non-hydrogen) atoms. The Balaban J connectivity index is 0.00000235. The predicted octanol–water partition coefficient (Wildman–Crippen LogP) is 5.33. The van der Waals surface area contributed by atoms with E-state index in [1.165, 1.54) is 38.5 Å². The van der Waals surface area contributed by atoms with Gasteiger partial charge in [0.25, 0.3) is 11.8 Å². The van der Waals surface area contributed by atoms with Crippen LogP contribution < -0.4 is 5.32 Å². The lowest BCUT2D eigenvalue weighted by Gasteiger charge is -2.27. The van der Waals surface area contributed by atoms with Crippen LogP contribution >= 0.6 is 0 Å². The minimum atomic E-state index is -0.960. The highest BCUT2D eigenvalue weighted by Gasteiger charge is 2.46. The molecule has 3 rings (SSSR count). The quantitative estimate of drug-likeness (QED) is 0.128. The van der Waals surface area contributed by atoms with Gasteiger partial charge in [0.05, 0.1) is 11.1 Å². The molecule has 2 aliphatic heterocycles. The summed E-state index contributed by atoms with van der Waals surface area (Å²) < 4.78 is 0. The molecule has 6 heteroatoms. The Kier molecular flexibility index (Phi) is 12.1. The average Bonchev–Trinajstić information content (AvgIpc) is 3.01. The molecule has 0 radical (unpaired) electrons. The predicted molar refractivity (Wildman–Crippen MR) is 146 cm³/mol. The first-order valence-electron chi connectivity index (χ1n) is 13.4. The third kappa shape index (κ3) is 8.30. The average molecular weight is 505 g/mol. The first kappa shape index (κ1) is 29.8. The van der Waals surface area contributed by atoms with Crippen LogP contribution in [0, 0.1) is 24.7 Å². The second kappa shape index (κ2) is 15.0. The molecule has 0 spiro atoms. The molecule has 0 saturated carbocycles. The number of amides is 4. The summed E-state index contributed by atoms with van der Waals surface area (Å²) in [6, 6.07) is -0.960. The summed E-state index contributed by atoms with van der Waals surface area (Å²) in [5.41, 5.74) is 4.28. The zero-order valence-electron chi connectivity index (χ0n) is 22.4. The van der Waals surface area contributed by atoms with Gasteiger partial charge in [-0.2, -0.15) is 0 Å². The topological polar surface area (TPSA) is 83.6 Å². The number of carbonyl (C=O) groups excluding carboxylic acids is 4. The molecule has 1 aliphatic carbocycles. The molecule has 6 nitrogen and oxygen atoms in total. The van der Waals surface area contributed by atoms with Crippen molar-refractivity contribution < 1.29 is 19.2 Å². The fourth-order valence-electron chi connectivity index (χ4n) is 4.79. The van der Waals surface area contributed by atoms with Crippen LogP contribution in [0.4, 0.5) is 0 Å². The highest BCUT2D eigenvalue weighted by atomic mass is 16.2. The van der Waals surface area contributed by atoms with Crippen LogP contribution in [0.2, 0.25) is 0 Å². The number of carbonyl (C=O) groups is 4. The molecule has 4 amide bonds. The summed E-state index contributed by atoms with van der Waals surface area (Å²) in [5, 5.41) is 2.22. The van der Waals surface area contributed by atoms with Crippen molar-refractivity contribution in [2.45, 2.75) is 91.0 Å². The van der Waals surface area contributed by atoms with Crippen molar-refractivity contribution in [3.05, 3.63) is 52.8 Å². The van der Waals surface area contributed by atoms with Crippen molar-refractivity contribution in [1.29, 1.82) is 0 Å². The van der Waals surface area contributed by atoms with Gasteiger partial charge in [-0.05, 0) is 55.2 Å². The summed E-state index contributed by atoms with van der Waals surface area (Å²) >= 11 is 0. The summed E-state index contributed by atoms with van der Waals surface area (Å²) in [6.07, 6.45) is 27.3. The van der Waals surface area contributed by atoms with Gasteiger partial charge in [0, 0.05) is 6.42 Å². The van der Waals surface area contributed by atoms with Gasteiger partial charge >= 0.3 is 0 Å². The molecule has 0 bridgehead atoms. The Morgan fingerprint density at radius 2 is 1.78 bits per heavy atom. The number of rotatable bonds is 12. The van der Waals surface area contributed by atoms with E-state index in [-0.39, 0.29) is 29.9 Å². The monoisotopic (exact) mass is 504 g/mol. The van der Waals surface area contributed by atoms with Crippen molar-refractivity contribution in [3.8, 4) is 12.8 Å². The third-order valence-corrected chi connectivity index (χ3v) is 6.92. The van der Waals surface area contributed by atoms with Gasteiger partial charge < -0.3 is 0 Å². The van der Waals surface area contributed by atoms with Crippen LogP contribution in [0.5, 0.6) is 0 Å². The maximum Gasteiger partial charge on any atom is 0.270 e. The number of allylic oxidation sites excluding steroid dienone is 5. The number of hydrogen-bond acceptors (Lipinski definition) is 4. The molecule has 2 unspecified atom stereocenters. The standard InChI is InChI=1S/C29H38N2O4.C2H2/c1-4-21(12-8-6-5-7-11-20(2)3)13-9-14-22-15-10-16-23-24(19-22)29(35)31(28(23)34)25-17-18-26(32)30-27(25)33;1-2/h9-10,13,15,19-21,25H,4-8,11-12,14,17-18H2,1-3H3,(H,30,32,33);1-2H/b13-9-;. The smallest absolute Gasteiger partial charge is 0.270 e. The molecule has 0 aromatic heterocycles. The lowest BCUT2D eigenvalue weighted by atomic mass is 9.96. The first-order valence-corrected chi connectivity index (χ1v) is 13.4. The first-order chi connectivity index (χ1) is 17.8. The number of fused-ring (bicyclic) bond motifs is 1. The molecular formula is C31H40N2O4. The number of terminal acetylenes is 1. The molecule has 198 valence electrons. The Bertz CT molecular complexity index is 1050. The Morgan fingerprint density at radius 1 is 1.08 bits per heavy atom. The van der Waals surface area contributed by atoms with E-state index in [9.17, 15) is 19.2 Å². The molecule has 2 atom stereocenters. The van der Waals surface area contributed by atoms with Gasteiger partial charge in [0.2, 0.25) is 11.8 Å². The van der Waals surface area contributed by atoms with Gasteiger partial charge in [-0.3, -0.25) is 29.4 Å². The van der Waals surface area contributed by atoms with Crippen molar-refractivity contribution >= 4 is 23.6 Å². The SMILES string of the molecule is C#C.CCC(/C=C\CC1=CC=C=C2C(=O)N(C3CCC(=O)NC3=O)C(=O)C2=C1)CCCCCCC(C)C. The van der Waals surface area contributed by atoms with E-state index >= 15 is 0 Å². The van der Waals surface area contributed by atoms with E-state index < -0.39 is 23.8 Å². The van der Waals surface area contributed by atoms with Gasteiger partial charge in [0.15, 0.2) is 0 Å². The van der Waals surface area contributed by atoms with Crippen LogP contribution in [0.15, 0.2) is 52.8 Å². The van der Waals surface area contributed by atoms with Gasteiger partial charge in [-0.15, -0.1) is 18.6 Å². The minimum absolute atomic E-state index is 0.105. The molecule has 2 heterocycles. The fourth-order valence-corrected chi connectivity index (χ4v) is 4.79. The molecule has 3 aliphatic rings. The summed E-state index contributed by atoms with van der Waals surface area (Å²) in [6.45, 7) is 6.77. The van der Waals surface area contributed by atoms with E-state index in [1.54, 1.807) is 12.2 Å². The molecule has 1 N–H and O–H groups in total. The van der Waals surface area contributed by atoms with E-state index in [2.05, 4.69) is 56.8 Å². The van der Waals surface area contributed by atoms with E-state index in [0.29, 0.717) is 12.3 Å². The van der Waals surface area contributed by atoms with E-state index in [4.69, 9.17) is 0 Å². The van der Waals surface area contributed by atoms with Crippen LogP contribution in [-0.2, 0) is 19.2 Å². The van der Waals surface area contributed by atoms with Crippen LogP contribution in [-0.4, -0.2) is 34.6 Å². The summed E-state index contributed by atoms with van der Waals surface area (Å²) in [5.74, 6) is -0.687. The summed E-state index contributed by atoms with van der Waals surface area (Å²) in [7, 11) is 0. The summed E-state index contributed by atoms with van der Waals surface area (Å²) in [4.78, 5) is 50.7. The second-order valence-electron chi connectivity index (χ2n) is 10.1. The second-order valence-corrected chi connectivity index (χ2v) is 10.1. The number of piperidine rings is 1. The fraction of sp³-hybridized carbons (Fsp3) is 0.516. The third-order valence-electron chi connectivity index (χ3n) is 6.92. The molecular weight excluding hydrogens is 464 g/mol. The zero-order valence-corrected chi connectivity index (χ0v) is 22.4. The highest BCUT2D eigenvalue weighted by molar-refractivity contribution is 6.26. The van der Waals surface area contributed by atoms with Gasteiger partial charge in [-0.1, -0.05) is 71.1 Å². The number of imide groups is 2. The lowest BCUT2D eigenvalue weighted by Crippen LogP contribution is -2.54. The number of nitrogens with one attached hydrogen (secondary N) is 1. The number of nitrogens with zero attached hydrogens (tertiary/aromatic N) is 1. The van der Waals surface area contributed by atoms with E-state index in [0.717, 1.165) is 22.8 Å². The normalized spacial score (nSPS) is 20.1. The van der Waals surface area contributed by atoms with Crippen molar-refractivity contribution in [2.75, 3.05) is 0 Å². The van der Waals surface area contributed by atoms with E-state index in [1.807, 2.05) is 6.08 Å². The lowest BCUT2D eigenvalue weighted by molar-refractivity contribution is -0.149. The highest BCUT2D eigenvalue weighted by Crippen LogP contribution is 2.31. The van der Waals surface area contributed by atoms with Gasteiger partial charge in [0.1, 0.15) is 6.04 Å². The van der Waals surface area contributed by atoms with Crippen molar-refractivity contribution in [2.24, 2.45) is 11.8 Å². The Morgan fingerprint density at radius 3 is 2.43 bits per heavy atom. The molecule has 0 aromatic rings. The zero-order chi connectivity index (χ0) is 27.4. The van der Waals surface area contributed by atoms with Crippen LogP contribution in [0.3, 0.4) is 0 Å². The molecule has 2 fully saturated rings. The molecule has 0 aromatic carbocycles. The van der Waals surface area contributed by atoms with Crippen LogP contribution in [0.1, 0.15) is 85.0 Å². The van der Waals surface area contributed by atoms with Crippen molar-refractivity contribution in [3.63, 3.8) is 0 Å². The number of hydrogen-bond donors (Lipinski definition) is 1. The largest absolute Gasteiger partial charge is 0.295 e. The van der Waals surface area contributed by atoms with Gasteiger partial charge in [-0.25, -0.2) is 0 Å². The number of unbranched alkanes of at least 4 members (excludes halogenated alkanes) is 3. The maximum absolute atomic E-state index is 13.1. The Labute approximate surface area is 221 Å². The molecule has 2 saturated heterocycles. The van der Waals surface area contributed by atoms with Crippen molar-refractivity contribution in [1.82, 2.24) is 10.2 Å². The minimum Gasteiger partial charge on any atom is -0.295 e.